The zero-order chi connectivity index (χ0) is 18.5. The molecule has 0 spiro atoms. The molecule has 1 aliphatic rings. The lowest BCUT2D eigenvalue weighted by molar-refractivity contribution is -0.120. The third-order valence-corrected chi connectivity index (χ3v) is 4.62. The van der Waals surface area contributed by atoms with Gasteiger partial charge in [0.2, 0.25) is 5.91 Å². The maximum atomic E-state index is 13.9. The number of fused-ring (bicyclic) bond motifs is 1. The Labute approximate surface area is 158 Å². The number of hydrogen-bond donors (Lipinski definition) is 3. The lowest BCUT2D eigenvalue weighted by Gasteiger charge is -2.26. The molecule has 9 heteroatoms. The standard InChI is InChI=1S/C17H20BrFN4O3/c18-11-7-13(19)12-9-15(22-14(12)8-11)17(25)21-10-16(24)20-1-2-23-3-5-26-6-4-23/h7-9,22H,1-6,10H2,(H,20,24)(H,21,25). The van der Waals surface area contributed by atoms with Crippen LogP contribution in [0.4, 0.5) is 4.39 Å². The van der Waals surface area contributed by atoms with Crippen LogP contribution >= 0.6 is 15.9 Å². The highest BCUT2D eigenvalue weighted by Crippen LogP contribution is 2.23. The predicted molar refractivity (Wildman–Crippen MR) is 98.6 cm³/mol. The monoisotopic (exact) mass is 426 g/mol. The van der Waals surface area contributed by atoms with Crippen molar-refractivity contribution in [3.05, 3.63) is 34.2 Å². The van der Waals surface area contributed by atoms with Gasteiger partial charge >= 0.3 is 0 Å². The SMILES string of the molecule is O=C(CNC(=O)c1cc2c(F)cc(Br)cc2[nH]1)NCCN1CCOCC1. The van der Waals surface area contributed by atoms with Gasteiger partial charge in [0, 0.05) is 36.0 Å². The number of nitrogens with one attached hydrogen (secondary N) is 3. The van der Waals surface area contributed by atoms with Crippen LogP contribution in [-0.4, -0.2) is 67.6 Å². The van der Waals surface area contributed by atoms with Crippen molar-refractivity contribution in [1.29, 1.82) is 0 Å². The minimum absolute atomic E-state index is 0.135. The number of morpholine rings is 1. The molecule has 7 nitrogen and oxygen atoms in total. The van der Waals surface area contributed by atoms with Crippen LogP contribution in [0.25, 0.3) is 10.9 Å². The molecule has 3 rings (SSSR count). The van der Waals surface area contributed by atoms with Gasteiger partial charge in [-0.15, -0.1) is 0 Å². The van der Waals surface area contributed by atoms with E-state index in [1.807, 2.05) is 0 Å². The first-order valence-electron chi connectivity index (χ1n) is 8.35. The molecule has 0 radical (unpaired) electrons. The van der Waals surface area contributed by atoms with Gasteiger partial charge in [-0.05, 0) is 18.2 Å². The fourth-order valence-electron chi connectivity index (χ4n) is 2.78. The van der Waals surface area contributed by atoms with Crippen molar-refractivity contribution < 1.29 is 18.7 Å². The van der Waals surface area contributed by atoms with Gasteiger partial charge in [0.15, 0.2) is 0 Å². The number of carbonyl (C=O) groups excluding carboxylic acids is 2. The molecule has 3 N–H and O–H groups in total. The molecular weight excluding hydrogens is 407 g/mol. The Morgan fingerprint density at radius 2 is 2.00 bits per heavy atom. The van der Waals surface area contributed by atoms with Gasteiger partial charge in [-0.25, -0.2) is 4.39 Å². The highest BCUT2D eigenvalue weighted by atomic mass is 79.9. The summed E-state index contributed by atoms with van der Waals surface area (Å²) in [7, 11) is 0. The summed E-state index contributed by atoms with van der Waals surface area (Å²) in [5.74, 6) is -1.15. The number of hydrogen-bond acceptors (Lipinski definition) is 4. The van der Waals surface area contributed by atoms with E-state index in [0.29, 0.717) is 35.1 Å². The van der Waals surface area contributed by atoms with E-state index < -0.39 is 11.7 Å². The number of aromatic nitrogens is 1. The maximum Gasteiger partial charge on any atom is 0.268 e. The Balaban J connectivity index is 1.46. The number of halogens is 2. The molecule has 2 heterocycles. The summed E-state index contributed by atoms with van der Waals surface area (Å²) in [6.07, 6.45) is 0. The van der Waals surface area contributed by atoms with Gasteiger partial charge < -0.3 is 20.4 Å². The van der Waals surface area contributed by atoms with Gasteiger partial charge in [-0.2, -0.15) is 0 Å². The van der Waals surface area contributed by atoms with E-state index in [1.54, 1.807) is 6.07 Å². The number of aromatic amines is 1. The summed E-state index contributed by atoms with van der Waals surface area (Å²) >= 11 is 3.21. The predicted octanol–water partition coefficient (Wildman–Crippen LogP) is 1.25. The zero-order valence-corrected chi connectivity index (χ0v) is 15.7. The van der Waals surface area contributed by atoms with Crippen LogP contribution in [0.2, 0.25) is 0 Å². The number of benzene rings is 1. The fourth-order valence-corrected chi connectivity index (χ4v) is 3.21. The summed E-state index contributed by atoms with van der Waals surface area (Å²) < 4.78 is 19.7. The molecule has 1 aromatic carbocycles. The van der Waals surface area contributed by atoms with Crippen LogP contribution in [0.15, 0.2) is 22.7 Å². The van der Waals surface area contributed by atoms with Crippen molar-refractivity contribution in [2.75, 3.05) is 45.9 Å². The lowest BCUT2D eigenvalue weighted by Crippen LogP contribution is -2.43. The fraction of sp³-hybridized carbons (Fsp3) is 0.412. The third-order valence-electron chi connectivity index (χ3n) is 4.16. The van der Waals surface area contributed by atoms with E-state index in [9.17, 15) is 14.0 Å². The Morgan fingerprint density at radius 1 is 1.23 bits per heavy atom. The highest BCUT2D eigenvalue weighted by Gasteiger charge is 2.14. The van der Waals surface area contributed by atoms with Gasteiger partial charge in [-0.3, -0.25) is 14.5 Å². The van der Waals surface area contributed by atoms with E-state index >= 15 is 0 Å². The van der Waals surface area contributed by atoms with Crippen molar-refractivity contribution in [3.8, 4) is 0 Å². The number of rotatable bonds is 6. The second-order valence-electron chi connectivity index (χ2n) is 6.02. The van der Waals surface area contributed by atoms with Crippen LogP contribution < -0.4 is 10.6 Å². The number of nitrogens with zero attached hydrogens (tertiary/aromatic N) is 1. The number of carbonyl (C=O) groups is 2. The average Bonchev–Trinajstić information content (AvgIpc) is 3.05. The van der Waals surface area contributed by atoms with Crippen LogP contribution in [0.1, 0.15) is 10.5 Å². The molecule has 2 amide bonds. The molecule has 26 heavy (non-hydrogen) atoms. The minimum Gasteiger partial charge on any atom is -0.379 e. The zero-order valence-electron chi connectivity index (χ0n) is 14.1. The summed E-state index contributed by atoms with van der Waals surface area (Å²) in [4.78, 5) is 29.1. The second kappa shape index (κ2) is 8.61. The number of H-pyrrole nitrogens is 1. The molecule has 2 aromatic rings. The average molecular weight is 427 g/mol. The van der Waals surface area contributed by atoms with E-state index in [1.165, 1.54) is 12.1 Å². The van der Waals surface area contributed by atoms with Crippen molar-refractivity contribution in [2.24, 2.45) is 0 Å². The Bertz CT molecular complexity index is 805. The maximum absolute atomic E-state index is 13.9. The van der Waals surface area contributed by atoms with Gasteiger partial charge in [0.1, 0.15) is 11.5 Å². The van der Waals surface area contributed by atoms with E-state index in [2.05, 4.69) is 36.4 Å². The Kier molecular flexibility index (Phi) is 6.23. The minimum atomic E-state index is -0.458. The van der Waals surface area contributed by atoms with Crippen LogP contribution in [0, 0.1) is 5.82 Å². The van der Waals surface area contributed by atoms with Crippen LogP contribution in [-0.2, 0) is 9.53 Å². The molecular formula is C17H20BrFN4O3. The smallest absolute Gasteiger partial charge is 0.268 e. The molecule has 140 valence electrons. The van der Waals surface area contributed by atoms with Crippen molar-refractivity contribution in [1.82, 2.24) is 20.5 Å². The van der Waals surface area contributed by atoms with Crippen LogP contribution in [0.3, 0.4) is 0 Å². The normalized spacial score (nSPS) is 15.2. The Hall–Kier alpha value is -1.97. The summed E-state index contributed by atoms with van der Waals surface area (Å²) in [5, 5.41) is 5.63. The molecule has 0 bridgehead atoms. The Morgan fingerprint density at radius 3 is 2.77 bits per heavy atom. The largest absolute Gasteiger partial charge is 0.379 e. The molecule has 0 atom stereocenters. The number of ether oxygens (including phenoxy) is 1. The molecule has 0 saturated carbocycles. The highest BCUT2D eigenvalue weighted by molar-refractivity contribution is 9.10. The van der Waals surface area contributed by atoms with Crippen LogP contribution in [0.5, 0.6) is 0 Å². The van der Waals surface area contributed by atoms with Crippen molar-refractivity contribution >= 4 is 38.6 Å². The van der Waals surface area contributed by atoms with E-state index in [-0.39, 0.29) is 18.1 Å². The first-order chi connectivity index (χ1) is 12.5. The molecule has 1 fully saturated rings. The number of amides is 2. The van der Waals surface area contributed by atoms with E-state index in [0.717, 1.165) is 19.6 Å². The summed E-state index contributed by atoms with van der Waals surface area (Å²) in [5.41, 5.74) is 0.718. The molecule has 0 aliphatic carbocycles. The van der Waals surface area contributed by atoms with Gasteiger partial charge in [0.05, 0.1) is 25.3 Å². The van der Waals surface area contributed by atoms with Gasteiger partial charge in [0.25, 0.3) is 5.91 Å². The first kappa shape index (κ1) is 18.8. The summed E-state index contributed by atoms with van der Waals surface area (Å²) in [6.45, 7) is 4.28. The first-order valence-corrected chi connectivity index (χ1v) is 9.15. The topological polar surface area (TPSA) is 86.5 Å². The third kappa shape index (κ3) is 4.80. The molecule has 1 aliphatic heterocycles. The van der Waals surface area contributed by atoms with Crippen molar-refractivity contribution in [3.63, 3.8) is 0 Å². The van der Waals surface area contributed by atoms with Gasteiger partial charge in [-0.1, -0.05) is 15.9 Å². The quantitative estimate of drug-likeness (QED) is 0.648. The van der Waals surface area contributed by atoms with E-state index in [4.69, 9.17) is 4.74 Å². The lowest BCUT2D eigenvalue weighted by atomic mass is 10.2. The summed E-state index contributed by atoms with van der Waals surface area (Å²) in [6, 6.07) is 4.45. The second-order valence-corrected chi connectivity index (χ2v) is 6.93. The molecule has 0 unspecified atom stereocenters. The molecule has 1 saturated heterocycles. The van der Waals surface area contributed by atoms with Crippen molar-refractivity contribution in [2.45, 2.75) is 0 Å². The molecule has 1 aromatic heterocycles.